The topological polar surface area (TPSA) is 50.4 Å². The second kappa shape index (κ2) is 4.53. The Morgan fingerprint density at radius 2 is 2.25 bits per heavy atom. The predicted octanol–water partition coefficient (Wildman–Crippen LogP) is 1.17. The van der Waals surface area contributed by atoms with Crippen molar-refractivity contribution in [3.05, 3.63) is 29.3 Å². The minimum absolute atomic E-state index is 0.293. The monoisotopic (exact) mass is 220 g/mol. The number of aryl methyl sites for hydroxylation is 1. The lowest BCUT2D eigenvalue weighted by Crippen LogP contribution is -2.51. The zero-order valence-electron chi connectivity index (χ0n) is 9.54. The fourth-order valence-electron chi connectivity index (χ4n) is 1.67. The lowest BCUT2D eigenvalue weighted by Gasteiger charge is -2.29. The van der Waals surface area contributed by atoms with Crippen LogP contribution in [-0.2, 0) is 4.74 Å². The lowest BCUT2D eigenvalue weighted by atomic mass is 10.1. The highest BCUT2D eigenvalue weighted by molar-refractivity contribution is 5.95. The van der Waals surface area contributed by atoms with Crippen LogP contribution in [0, 0.1) is 6.92 Å². The van der Waals surface area contributed by atoms with Crippen LogP contribution in [0.2, 0.25) is 0 Å². The lowest BCUT2D eigenvalue weighted by molar-refractivity contribution is 0.0601. The molecule has 0 amide bonds. The number of carbonyl (C=O) groups excluding carboxylic acids is 1. The molecule has 0 atom stereocenters. The first-order chi connectivity index (χ1) is 7.70. The summed E-state index contributed by atoms with van der Waals surface area (Å²) in [4.78, 5) is 11.6. The Labute approximate surface area is 95.0 Å². The molecule has 0 aliphatic carbocycles. The maximum absolute atomic E-state index is 11.6. The molecule has 1 saturated heterocycles. The summed E-state index contributed by atoms with van der Waals surface area (Å²) in [5.41, 5.74) is 2.51. The van der Waals surface area contributed by atoms with Crippen LogP contribution in [0.1, 0.15) is 15.9 Å². The van der Waals surface area contributed by atoms with Gasteiger partial charge in [0.1, 0.15) is 0 Å². The van der Waals surface area contributed by atoms with E-state index in [1.165, 1.54) is 7.11 Å². The quantitative estimate of drug-likeness (QED) is 0.751. The fourth-order valence-corrected chi connectivity index (χ4v) is 1.67. The third-order valence-corrected chi connectivity index (χ3v) is 2.72. The van der Waals surface area contributed by atoms with Crippen molar-refractivity contribution >= 4 is 11.7 Å². The number of methoxy groups -OCH3 is 1. The maximum Gasteiger partial charge on any atom is 0.339 e. The van der Waals surface area contributed by atoms with Gasteiger partial charge in [-0.25, -0.2) is 4.79 Å². The van der Waals surface area contributed by atoms with Gasteiger partial charge in [-0.15, -0.1) is 0 Å². The molecule has 16 heavy (non-hydrogen) atoms. The van der Waals surface area contributed by atoms with E-state index < -0.39 is 0 Å². The second-order valence-electron chi connectivity index (χ2n) is 4.04. The van der Waals surface area contributed by atoms with Crippen molar-refractivity contribution in [3.8, 4) is 0 Å². The summed E-state index contributed by atoms with van der Waals surface area (Å²) in [5.74, 6) is -0.293. The highest BCUT2D eigenvalue weighted by atomic mass is 16.5. The molecule has 1 fully saturated rings. The molecular weight excluding hydrogens is 204 g/mol. The summed E-state index contributed by atoms with van der Waals surface area (Å²) < 4.78 is 4.77. The van der Waals surface area contributed by atoms with Crippen LogP contribution < -0.4 is 10.6 Å². The Balaban J connectivity index is 2.23. The van der Waals surface area contributed by atoms with Gasteiger partial charge in [-0.1, -0.05) is 11.6 Å². The van der Waals surface area contributed by atoms with E-state index in [-0.39, 0.29) is 5.97 Å². The molecule has 0 saturated carbocycles. The molecule has 0 aromatic heterocycles. The zero-order valence-corrected chi connectivity index (χ0v) is 9.54. The van der Waals surface area contributed by atoms with Crippen LogP contribution in [0.4, 0.5) is 5.69 Å². The summed E-state index contributed by atoms with van der Waals surface area (Å²) in [6, 6.07) is 6.17. The molecule has 1 aromatic rings. The molecule has 4 heteroatoms. The molecule has 2 rings (SSSR count). The highest BCUT2D eigenvalue weighted by Crippen LogP contribution is 2.19. The van der Waals surface area contributed by atoms with E-state index in [1.807, 2.05) is 25.1 Å². The number of ether oxygens (including phenoxy) is 1. The smallest absolute Gasteiger partial charge is 0.339 e. The summed E-state index contributed by atoms with van der Waals surface area (Å²) >= 11 is 0. The minimum Gasteiger partial charge on any atom is -0.465 e. The van der Waals surface area contributed by atoms with E-state index in [2.05, 4.69) is 10.6 Å². The summed E-state index contributed by atoms with van der Waals surface area (Å²) in [6.07, 6.45) is 0. The van der Waals surface area contributed by atoms with Crippen molar-refractivity contribution in [2.75, 3.05) is 25.5 Å². The number of anilines is 1. The predicted molar refractivity (Wildman–Crippen MR) is 62.8 cm³/mol. The fraction of sp³-hybridized carbons (Fsp3) is 0.417. The Morgan fingerprint density at radius 3 is 2.81 bits per heavy atom. The molecule has 0 radical (unpaired) electrons. The maximum atomic E-state index is 11.6. The number of nitrogens with one attached hydrogen (secondary N) is 2. The van der Waals surface area contributed by atoms with Crippen LogP contribution in [0.25, 0.3) is 0 Å². The van der Waals surface area contributed by atoms with Crippen molar-refractivity contribution in [1.82, 2.24) is 5.32 Å². The van der Waals surface area contributed by atoms with Gasteiger partial charge < -0.3 is 15.4 Å². The van der Waals surface area contributed by atoms with Crippen molar-refractivity contribution in [3.63, 3.8) is 0 Å². The van der Waals surface area contributed by atoms with Gasteiger partial charge in [-0.05, 0) is 19.1 Å². The van der Waals surface area contributed by atoms with E-state index in [4.69, 9.17) is 4.74 Å². The molecule has 1 aliphatic heterocycles. The number of hydrogen-bond donors (Lipinski definition) is 2. The van der Waals surface area contributed by atoms with Crippen LogP contribution in [0.3, 0.4) is 0 Å². The van der Waals surface area contributed by atoms with Crippen LogP contribution in [0.5, 0.6) is 0 Å². The molecule has 1 heterocycles. The van der Waals surface area contributed by atoms with Crippen LogP contribution in [0.15, 0.2) is 18.2 Å². The van der Waals surface area contributed by atoms with Crippen molar-refractivity contribution in [2.45, 2.75) is 13.0 Å². The van der Waals surface area contributed by atoms with Gasteiger partial charge in [-0.3, -0.25) is 0 Å². The van der Waals surface area contributed by atoms with Crippen LogP contribution >= 0.6 is 0 Å². The van der Waals surface area contributed by atoms with Gasteiger partial charge in [0.05, 0.1) is 18.7 Å². The average Bonchev–Trinajstić information content (AvgIpc) is 2.23. The average molecular weight is 220 g/mol. The molecular formula is C12H16N2O2. The molecule has 86 valence electrons. The van der Waals surface area contributed by atoms with Gasteiger partial charge in [0, 0.05) is 18.8 Å². The van der Waals surface area contributed by atoms with Crippen LogP contribution in [-0.4, -0.2) is 32.2 Å². The van der Waals surface area contributed by atoms with E-state index >= 15 is 0 Å². The summed E-state index contributed by atoms with van der Waals surface area (Å²) in [5, 5.41) is 6.50. The van der Waals surface area contributed by atoms with E-state index in [0.717, 1.165) is 24.3 Å². The molecule has 0 spiro atoms. The SMILES string of the molecule is COC(=O)c1cc(C)ccc1NC1CNC1. The molecule has 4 nitrogen and oxygen atoms in total. The van der Waals surface area contributed by atoms with E-state index in [1.54, 1.807) is 0 Å². The Hall–Kier alpha value is -1.55. The number of carbonyl (C=O) groups is 1. The summed E-state index contributed by atoms with van der Waals surface area (Å²) in [7, 11) is 1.40. The number of hydrogen-bond acceptors (Lipinski definition) is 4. The summed E-state index contributed by atoms with van der Waals surface area (Å²) in [6.45, 7) is 3.84. The number of benzene rings is 1. The molecule has 2 N–H and O–H groups in total. The Morgan fingerprint density at radius 1 is 1.50 bits per heavy atom. The number of esters is 1. The van der Waals surface area contributed by atoms with Gasteiger partial charge in [0.15, 0.2) is 0 Å². The van der Waals surface area contributed by atoms with Gasteiger partial charge in [0.25, 0.3) is 0 Å². The zero-order chi connectivity index (χ0) is 11.5. The van der Waals surface area contributed by atoms with E-state index in [0.29, 0.717) is 11.6 Å². The number of rotatable bonds is 3. The Kier molecular flexibility index (Phi) is 3.10. The van der Waals surface area contributed by atoms with Crippen molar-refractivity contribution in [1.29, 1.82) is 0 Å². The highest BCUT2D eigenvalue weighted by Gasteiger charge is 2.19. The largest absolute Gasteiger partial charge is 0.465 e. The van der Waals surface area contributed by atoms with E-state index in [9.17, 15) is 4.79 Å². The molecule has 1 aliphatic rings. The first kappa shape index (κ1) is 11.0. The first-order valence-corrected chi connectivity index (χ1v) is 5.37. The standard InChI is InChI=1S/C12H16N2O2/c1-8-3-4-11(14-9-6-13-7-9)10(5-8)12(15)16-2/h3-5,9,13-14H,6-7H2,1-2H3. The first-order valence-electron chi connectivity index (χ1n) is 5.37. The second-order valence-corrected chi connectivity index (χ2v) is 4.04. The molecule has 1 aromatic carbocycles. The Bertz CT molecular complexity index is 400. The third-order valence-electron chi connectivity index (χ3n) is 2.72. The minimum atomic E-state index is -0.293. The normalized spacial score (nSPS) is 15.4. The van der Waals surface area contributed by atoms with Crippen molar-refractivity contribution in [2.24, 2.45) is 0 Å². The molecule has 0 bridgehead atoms. The third kappa shape index (κ3) is 2.17. The van der Waals surface area contributed by atoms with Crippen molar-refractivity contribution < 1.29 is 9.53 Å². The van der Waals surface area contributed by atoms with Gasteiger partial charge in [0.2, 0.25) is 0 Å². The van der Waals surface area contributed by atoms with Gasteiger partial charge >= 0.3 is 5.97 Å². The molecule has 0 unspecified atom stereocenters. The van der Waals surface area contributed by atoms with Gasteiger partial charge in [-0.2, -0.15) is 0 Å².